The lowest BCUT2D eigenvalue weighted by Crippen LogP contribution is -2.32. The van der Waals surface area contributed by atoms with Gasteiger partial charge in [-0.05, 0) is 25.7 Å². The predicted octanol–water partition coefficient (Wildman–Crippen LogP) is 1.55. The lowest BCUT2D eigenvalue weighted by Gasteiger charge is -2.16. The first-order valence-electron chi connectivity index (χ1n) is 4.38. The monoisotopic (exact) mass is 154 g/mol. The van der Waals surface area contributed by atoms with Crippen LogP contribution >= 0.6 is 0 Å². The fraction of sp³-hybridized carbons (Fsp3) is 0.778. The summed E-state index contributed by atoms with van der Waals surface area (Å²) < 4.78 is 0. The number of nitrogens with one attached hydrogen (secondary N) is 1. The van der Waals surface area contributed by atoms with Crippen LogP contribution in [0.25, 0.3) is 0 Å². The van der Waals surface area contributed by atoms with E-state index >= 15 is 0 Å². The molecule has 0 aliphatic heterocycles. The molecule has 0 atom stereocenters. The molecule has 1 aliphatic rings. The van der Waals surface area contributed by atoms with Gasteiger partial charge < -0.3 is 0 Å². The van der Waals surface area contributed by atoms with E-state index in [4.69, 9.17) is 0 Å². The summed E-state index contributed by atoms with van der Waals surface area (Å²) in [5.41, 5.74) is 4.85. The lowest BCUT2D eigenvalue weighted by atomic mass is 10.00. The second-order valence-electron chi connectivity index (χ2n) is 3.34. The summed E-state index contributed by atoms with van der Waals surface area (Å²) in [6.45, 7) is 1.03. The Bertz CT molecular complexity index is 138. The maximum absolute atomic E-state index is 3.28. The minimum absolute atomic E-state index is 1.03. The molecule has 0 fully saturated rings. The largest absolute Gasteiger partial charge is 0.252 e. The Morgan fingerprint density at radius 2 is 2.27 bits per heavy atom. The lowest BCUT2D eigenvalue weighted by molar-refractivity contribution is 0.300. The molecular weight excluding hydrogens is 136 g/mol. The molecule has 0 heterocycles. The molecule has 1 aliphatic carbocycles. The first-order valence-corrected chi connectivity index (χ1v) is 4.38. The molecule has 11 heavy (non-hydrogen) atoms. The molecule has 1 rings (SSSR count). The van der Waals surface area contributed by atoms with Gasteiger partial charge in [-0.2, -0.15) is 0 Å². The van der Waals surface area contributed by atoms with Gasteiger partial charge in [-0.1, -0.05) is 11.6 Å². The van der Waals surface area contributed by atoms with E-state index in [9.17, 15) is 0 Å². The van der Waals surface area contributed by atoms with E-state index in [1.165, 1.54) is 25.7 Å². The van der Waals surface area contributed by atoms with Crippen LogP contribution in [0.5, 0.6) is 0 Å². The highest BCUT2D eigenvalue weighted by Crippen LogP contribution is 2.15. The van der Waals surface area contributed by atoms with Crippen molar-refractivity contribution in [2.75, 3.05) is 20.6 Å². The molecule has 0 saturated heterocycles. The van der Waals surface area contributed by atoms with E-state index in [-0.39, 0.29) is 0 Å². The average Bonchev–Trinajstić information content (AvgIpc) is 2.03. The van der Waals surface area contributed by atoms with Gasteiger partial charge in [-0.25, -0.2) is 0 Å². The van der Waals surface area contributed by atoms with Gasteiger partial charge in [-0.3, -0.25) is 10.4 Å². The number of hydrazine groups is 1. The van der Waals surface area contributed by atoms with Gasteiger partial charge in [0, 0.05) is 20.6 Å². The van der Waals surface area contributed by atoms with Crippen LogP contribution in [0.1, 0.15) is 25.7 Å². The zero-order valence-corrected chi connectivity index (χ0v) is 7.56. The second kappa shape index (κ2) is 4.52. The molecule has 0 unspecified atom stereocenters. The van der Waals surface area contributed by atoms with Gasteiger partial charge >= 0.3 is 0 Å². The van der Waals surface area contributed by atoms with Crippen molar-refractivity contribution in [3.05, 3.63) is 11.6 Å². The maximum Gasteiger partial charge on any atom is 0.0312 e. The van der Waals surface area contributed by atoms with Crippen molar-refractivity contribution in [3.8, 4) is 0 Å². The Hall–Kier alpha value is -0.340. The van der Waals surface area contributed by atoms with Crippen molar-refractivity contribution in [2.45, 2.75) is 25.7 Å². The standard InChI is InChI=1S/C9H18N2/c1-11(2)10-8-9-6-4-3-5-7-9/h6,10H,3-5,7-8H2,1-2H3. The Labute approximate surface area is 69.2 Å². The smallest absolute Gasteiger partial charge is 0.0312 e. The highest BCUT2D eigenvalue weighted by molar-refractivity contribution is 5.06. The summed E-state index contributed by atoms with van der Waals surface area (Å²) in [6, 6.07) is 0. The second-order valence-corrected chi connectivity index (χ2v) is 3.34. The third kappa shape index (κ3) is 3.54. The maximum atomic E-state index is 3.28. The van der Waals surface area contributed by atoms with Crippen LogP contribution in [-0.4, -0.2) is 25.6 Å². The minimum atomic E-state index is 1.03. The van der Waals surface area contributed by atoms with E-state index in [2.05, 4.69) is 11.5 Å². The van der Waals surface area contributed by atoms with Crippen molar-refractivity contribution in [1.82, 2.24) is 10.4 Å². The molecule has 64 valence electrons. The Morgan fingerprint density at radius 1 is 1.45 bits per heavy atom. The molecule has 0 saturated carbocycles. The molecule has 2 heteroatoms. The van der Waals surface area contributed by atoms with E-state index < -0.39 is 0 Å². The average molecular weight is 154 g/mol. The fourth-order valence-electron chi connectivity index (χ4n) is 1.32. The summed E-state index contributed by atoms with van der Waals surface area (Å²) in [4.78, 5) is 0. The van der Waals surface area contributed by atoms with Crippen LogP contribution in [0.15, 0.2) is 11.6 Å². The molecule has 0 bridgehead atoms. The molecule has 0 aromatic carbocycles. The highest BCUT2D eigenvalue weighted by Gasteiger charge is 2.02. The van der Waals surface area contributed by atoms with Gasteiger partial charge in [0.1, 0.15) is 0 Å². The van der Waals surface area contributed by atoms with E-state index in [0.29, 0.717) is 0 Å². The van der Waals surface area contributed by atoms with Gasteiger partial charge in [0.15, 0.2) is 0 Å². The molecule has 0 spiro atoms. The number of hydrogen-bond acceptors (Lipinski definition) is 2. The van der Waals surface area contributed by atoms with Gasteiger partial charge in [-0.15, -0.1) is 0 Å². The van der Waals surface area contributed by atoms with Crippen molar-refractivity contribution >= 4 is 0 Å². The molecule has 1 N–H and O–H groups in total. The number of hydrogen-bond donors (Lipinski definition) is 1. The molecule has 0 amide bonds. The van der Waals surface area contributed by atoms with Gasteiger partial charge in [0.25, 0.3) is 0 Å². The summed E-state index contributed by atoms with van der Waals surface area (Å²) in [5.74, 6) is 0. The third-order valence-electron chi connectivity index (χ3n) is 2.01. The fourth-order valence-corrected chi connectivity index (χ4v) is 1.32. The zero-order chi connectivity index (χ0) is 8.10. The van der Waals surface area contributed by atoms with Crippen LogP contribution in [-0.2, 0) is 0 Å². The number of rotatable bonds is 3. The summed E-state index contributed by atoms with van der Waals surface area (Å²) in [7, 11) is 4.06. The first-order chi connectivity index (χ1) is 5.29. The van der Waals surface area contributed by atoms with Crippen molar-refractivity contribution in [1.29, 1.82) is 0 Å². The minimum Gasteiger partial charge on any atom is -0.252 e. The molecule has 0 radical (unpaired) electrons. The summed E-state index contributed by atoms with van der Waals surface area (Å²) >= 11 is 0. The van der Waals surface area contributed by atoms with Crippen LogP contribution in [0.4, 0.5) is 0 Å². The van der Waals surface area contributed by atoms with Crippen molar-refractivity contribution < 1.29 is 0 Å². The van der Waals surface area contributed by atoms with Crippen molar-refractivity contribution in [2.24, 2.45) is 0 Å². The predicted molar refractivity (Wildman–Crippen MR) is 48.2 cm³/mol. The summed E-state index contributed by atoms with van der Waals surface area (Å²) in [5, 5.41) is 2.01. The zero-order valence-electron chi connectivity index (χ0n) is 7.56. The molecular formula is C9H18N2. The van der Waals surface area contributed by atoms with E-state index in [1.54, 1.807) is 5.57 Å². The summed E-state index contributed by atoms with van der Waals surface area (Å²) in [6.07, 6.45) is 7.71. The van der Waals surface area contributed by atoms with E-state index in [1.807, 2.05) is 19.1 Å². The highest BCUT2D eigenvalue weighted by atomic mass is 15.5. The Morgan fingerprint density at radius 3 is 2.82 bits per heavy atom. The van der Waals surface area contributed by atoms with E-state index in [0.717, 1.165) is 6.54 Å². The normalized spacial score (nSPS) is 18.6. The molecule has 0 aromatic rings. The Kier molecular flexibility index (Phi) is 3.60. The topological polar surface area (TPSA) is 15.3 Å². The van der Waals surface area contributed by atoms with Crippen LogP contribution in [0.2, 0.25) is 0 Å². The number of allylic oxidation sites excluding steroid dienone is 1. The van der Waals surface area contributed by atoms with Crippen LogP contribution in [0.3, 0.4) is 0 Å². The quantitative estimate of drug-likeness (QED) is 0.490. The first kappa shape index (κ1) is 8.75. The third-order valence-corrected chi connectivity index (χ3v) is 2.01. The van der Waals surface area contributed by atoms with Gasteiger partial charge in [0.05, 0.1) is 0 Å². The van der Waals surface area contributed by atoms with Crippen LogP contribution < -0.4 is 5.43 Å². The van der Waals surface area contributed by atoms with Gasteiger partial charge in [0.2, 0.25) is 0 Å². The number of nitrogens with zero attached hydrogens (tertiary/aromatic N) is 1. The Balaban J connectivity index is 2.19. The van der Waals surface area contributed by atoms with Crippen molar-refractivity contribution in [3.63, 3.8) is 0 Å². The van der Waals surface area contributed by atoms with Crippen LogP contribution in [0, 0.1) is 0 Å². The molecule has 2 nitrogen and oxygen atoms in total. The SMILES string of the molecule is CN(C)NCC1=CCCCC1. The molecule has 0 aromatic heterocycles.